The molecule has 2 aromatic rings. The van der Waals surface area contributed by atoms with Gasteiger partial charge in [-0.1, -0.05) is 20.8 Å². The molecule has 2 aromatic carbocycles. The van der Waals surface area contributed by atoms with E-state index in [1.807, 2.05) is 27.7 Å². The quantitative estimate of drug-likeness (QED) is 0.584. The van der Waals surface area contributed by atoms with Gasteiger partial charge in [0.1, 0.15) is 17.3 Å². The molecule has 8 heteroatoms. The third-order valence-corrected chi connectivity index (χ3v) is 5.62. The molecule has 1 N–H and O–H groups in total. The van der Waals surface area contributed by atoms with E-state index in [4.69, 9.17) is 24.4 Å². The topological polar surface area (TPSA) is 81.1 Å². The van der Waals surface area contributed by atoms with Crippen molar-refractivity contribution >= 4 is 11.6 Å². The van der Waals surface area contributed by atoms with Crippen molar-refractivity contribution in [1.82, 2.24) is 4.90 Å². The van der Waals surface area contributed by atoms with Crippen LogP contribution in [0.2, 0.25) is 0 Å². The number of hydrogen-bond donors (Lipinski definition) is 1. The normalized spacial score (nSPS) is 13.1. The van der Waals surface area contributed by atoms with Crippen LogP contribution in [0.3, 0.4) is 0 Å². The maximum atomic E-state index is 15.0. The number of methoxy groups -OCH3 is 3. The summed E-state index contributed by atoms with van der Waals surface area (Å²) in [6.45, 7) is 8.42. The number of Topliss-reactive ketones (excluding diaryl/α,β-unsaturated/α-hetero) is 1. The minimum atomic E-state index is -0.665. The first-order valence-corrected chi connectivity index (χ1v) is 10.7. The predicted molar refractivity (Wildman–Crippen MR) is 124 cm³/mol. The molecule has 0 atom stereocenters. The second-order valence-corrected chi connectivity index (χ2v) is 8.79. The van der Waals surface area contributed by atoms with Crippen LogP contribution in [0, 0.1) is 11.2 Å². The number of rotatable bonds is 8. The number of ketones is 1. The van der Waals surface area contributed by atoms with Gasteiger partial charge in [-0.2, -0.15) is 0 Å². The van der Waals surface area contributed by atoms with Gasteiger partial charge in [0.2, 0.25) is 0 Å². The Balaban J connectivity index is 1.98. The highest BCUT2D eigenvalue weighted by Crippen LogP contribution is 2.42. The molecule has 7 nitrogen and oxygen atoms in total. The highest BCUT2D eigenvalue weighted by Gasteiger charge is 2.34. The summed E-state index contributed by atoms with van der Waals surface area (Å²) in [6.07, 6.45) is 0. The minimum Gasteiger partial charge on any atom is -0.496 e. The maximum absolute atomic E-state index is 15.0. The molecule has 0 spiro atoms. The molecule has 3 rings (SSSR count). The van der Waals surface area contributed by atoms with Crippen LogP contribution in [0.1, 0.15) is 54.7 Å². The fourth-order valence-electron chi connectivity index (χ4n) is 4.18. The molecule has 33 heavy (non-hydrogen) atoms. The smallest absolute Gasteiger partial charge is 0.197 e. The highest BCUT2D eigenvalue weighted by atomic mass is 19.1. The molecule has 0 fully saturated rings. The first-order chi connectivity index (χ1) is 15.6. The van der Waals surface area contributed by atoms with Crippen LogP contribution < -0.4 is 18.9 Å². The Morgan fingerprint density at radius 1 is 1.09 bits per heavy atom. The average molecular weight is 459 g/mol. The second-order valence-electron chi connectivity index (χ2n) is 8.79. The van der Waals surface area contributed by atoms with Gasteiger partial charge in [0, 0.05) is 12.1 Å². The summed E-state index contributed by atoms with van der Waals surface area (Å²) in [7, 11) is 4.36. The average Bonchev–Trinajstić information content (AvgIpc) is 3.07. The Kier molecular flexibility index (Phi) is 6.86. The third kappa shape index (κ3) is 4.34. The summed E-state index contributed by atoms with van der Waals surface area (Å²) in [4.78, 5) is 14.9. The first-order valence-electron chi connectivity index (χ1n) is 10.7. The predicted octanol–water partition coefficient (Wildman–Crippen LogP) is 4.57. The number of nitrogens with one attached hydrogen (secondary N) is 1. The van der Waals surface area contributed by atoms with Gasteiger partial charge in [0.05, 0.1) is 45.6 Å². The van der Waals surface area contributed by atoms with E-state index >= 15 is 4.39 Å². The van der Waals surface area contributed by atoms with Gasteiger partial charge >= 0.3 is 0 Å². The van der Waals surface area contributed by atoms with Crippen molar-refractivity contribution < 1.29 is 28.1 Å². The zero-order valence-corrected chi connectivity index (χ0v) is 20.2. The monoisotopic (exact) mass is 458 g/mol. The van der Waals surface area contributed by atoms with Crippen LogP contribution >= 0.6 is 0 Å². The summed E-state index contributed by atoms with van der Waals surface area (Å²) in [5, 5.41) is 8.51. The lowest BCUT2D eigenvalue weighted by molar-refractivity contribution is 0.0958. The largest absolute Gasteiger partial charge is 0.496 e. The molecule has 0 radical (unpaired) electrons. The number of hydrogen-bond acceptors (Lipinski definition) is 6. The third-order valence-electron chi connectivity index (χ3n) is 5.62. The van der Waals surface area contributed by atoms with Gasteiger partial charge in [-0.15, -0.1) is 0 Å². The van der Waals surface area contributed by atoms with Crippen molar-refractivity contribution in [2.45, 2.75) is 39.7 Å². The molecule has 0 bridgehead atoms. The highest BCUT2D eigenvalue weighted by molar-refractivity contribution is 6.07. The number of benzene rings is 2. The lowest BCUT2D eigenvalue weighted by atomic mass is 9.83. The number of carbonyl (C=O) groups is 1. The molecular formula is C25H31FN2O5. The fraction of sp³-hybridized carbons (Fsp3) is 0.440. The fourth-order valence-corrected chi connectivity index (χ4v) is 4.18. The number of amidine groups is 1. The summed E-state index contributed by atoms with van der Waals surface area (Å²) in [5.41, 5.74) is 1.56. The summed E-state index contributed by atoms with van der Waals surface area (Å²) >= 11 is 0. The molecule has 1 aliphatic heterocycles. The summed E-state index contributed by atoms with van der Waals surface area (Å²) in [6, 6.07) is 5.09. The van der Waals surface area contributed by atoms with Gasteiger partial charge in [-0.05, 0) is 36.1 Å². The molecule has 1 aliphatic rings. The number of halogens is 1. The second kappa shape index (κ2) is 9.29. The molecule has 0 aliphatic carbocycles. The van der Waals surface area contributed by atoms with Crippen molar-refractivity contribution in [2.75, 3.05) is 34.5 Å². The van der Waals surface area contributed by atoms with Crippen LogP contribution in [0.15, 0.2) is 18.2 Å². The number of carbonyl (C=O) groups excluding carboxylic acids is 1. The van der Waals surface area contributed by atoms with Gasteiger partial charge in [-0.25, -0.2) is 4.39 Å². The molecule has 0 amide bonds. The maximum Gasteiger partial charge on any atom is 0.197 e. The Morgan fingerprint density at radius 3 is 2.30 bits per heavy atom. The van der Waals surface area contributed by atoms with E-state index in [-0.39, 0.29) is 47.2 Å². The molecular weight excluding hydrogens is 427 g/mol. The lowest BCUT2D eigenvalue weighted by Gasteiger charge is -2.27. The van der Waals surface area contributed by atoms with Gasteiger partial charge in [-0.3, -0.25) is 10.2 Å². The molecule has 1 heterocycles. The van der Waals surface area contributed by atoms with Crippen LogP contribution in [-0.4, -0.2) is 51.0 Å². The van der Waals surface area contributed by atoms with E-state index in [1.54, 1.807) is 25.3 Å². The number of ether oxygens (including phenoxy) is 4. The molecule has 0 saturated carbocycles. The van der Waals surface area contributed by atoms with E-state index in [1.165, 1.54) is 19.1 Å². The van der Waals surface area contributed by atoms with Crippen LogP contribution in [0.25, 0.3) is 0 Å². The minimum absolute atomic E-state index is 0.0576. The van der Waals surface area contributed by atoms with Crippen LogP contribution in [0.5, 0.6) is 23.0 Å². The van der Waals surface area contributed by atoms with Crippen molar-refractivity contribution in [1.29, 1.82) is 5.41 Å². The summed E-state index contributed by atoms with van der Waals surface area (Å²) < 4.78 is 36.9. The number of fused-ring (bicyclic) bond motifs is 1. The Hall–Kier alpha value is -3.29. The van der Waals surface area contributed by atoms with E-state index < -0.39 is 5.82 Å². The standard InChI is InChI=1S/C25H31FN2O5/c1-8-33-22-15(9-10-17(30-5)20(22)25(2,3)4)16(29)13-28-12-14-11-18(31-6)23(32-7)21(26)19(14)24(28)27/h9-11,27H,8,12-13H2,1-7H3. The SMILES string of the molecule is CCOc1c(C(=O)CN2Cc3cc(OC)c(OC)c(F)c3C2=N)ccc(OC)c1C(C)(C)C. The van der Waals surface area contributed by atoms with E-state index in [9.17, 15) is 4.79 Å². The Morgan fingerprint density at radius 2 is 1.76 bits per heavy atom. The summed E-state index contributed by atoms with van der Waals surface area (Å²) in [5.74, 6) is 0.345. The van der Waals surface area contributed by atoms with Gasteiger partial charge in [0.15, 0.2) is 23.1 Å². The van der Waals surface area contributed by atoms with E-state index in [0.717, 1.165) is 5.56 Å². The molecule has 0 unspecified atom stereocenters. The van der Waals surface area contributed by atoms with Gasteiger partial charge in [0.25, 0.3) is 0 Å². The first kappa shape index (κ1) is 24.4. The van der Waals surface area contributed by atoms with Crippen molar-refractivity contribution in [3.05, 3.63) is 46.3 Å². The van der Waals surface area contributed by atoms with Crippen molar-refractivity contribution in [3.8, 4) is 23.0 Å². The molecule has 178 valence electrons. The van der Waals surface area contributed by atoms with E-state index in [2.05, 4.69) is 0 Å². The Labute approximate surface area is 193 Å². The lowest BCUT2D eigenvalue weighted by Crippen LogP contribution is -2.31. The van der Waals surface area contributed by atoms with Crippen LogP contribution in [-0.2, 0) is 12.0 Å². The van der Waals surface area contributed by atoms with E-state index in [0.29, 0.717) is 29.2 Å². The Bertz CT molecular complexity index is 1090. The zero-order chi connectivity index (χ0) is 24.5. The van der Waals surface area contributed by atoms with Gasteiger partial charge < -0.3 is 23.8 Å². The molecule has 0 saturated heterocycles. The van der Waals surface area contributed by atoms with Crippen molar-refractivity contribution in [2.24, 2.45) is 0 Å². The zero-order valence-electron chi connectivity index (χ0n) is 20.2. The van der Waals surface area contributed by atoms with Crippen molar-refractivity contribution in [3.63, 3.8) is 0 Å². The number of nitrogens with zero attached hydrogens (tertiary/aromatic N) is 1. The van der Waals surface area contributed by atoms with Crippen LogP contribution in [0.4, 0.5) is 4.39 Å². The molecule has 0 aromatic heterocycles.